The molecule has 3 nitrogen and oxygen atoms in total. The highest BCUT2D eigenvalue weighted by molar-refractivity contribution is 6.35. The summed E-state index contributed by atoms with van der Waals surface area (Å²) in [6.07, 6.45) is 7.49. The molecule has 1 fully saturated rings. The summed E-state index contributed by atoms with van der Waals surface area (Å²) in [4.78, 5) is 4.28. The van der Waals surface area contributed by atoms with Crippen molar-refractivity contribution in [3.63, 3.8) is 0 Å². The molecule has 21 heavy (non-hydrogen) atoms. The number of piperidine rings is 1. The Labute approximate surface area is 135 Å². The third kappa shape index (κ3) is 3.60. The molecule has 1 saturated heterocycles. The number of halogens is 2. The van der Waals surface area contributed by atoms with E-state index in [2.05, 4.69) is 14.9 Å². The highest BCUT2D eigenvalue weighted by Crippen LogP contribution is 2.30. The standard InChI is InChI=1S/C16H19Cl2N3/c17-13-3-4-15(18)14(8-13)16-10-20-11-21(16)7-5-12-2-1-6-19-9-12/h3-4,8,10-12,19H,1-2,5-7,9H2. The maximum atomic E-state index is 6.30. The minimum Gasteiger partial charge on any atom is -0.331 e. The van der Waals surface area contributed by atoms with Gasteiger partial charge in [-0.25, -0.2) is 4.98 Å². The van der Waals surface area contributed by atoms with E-state index >= 15 is 0 Å². The summed E-state index contributed by atoms with van der Waals surface area (Å²) in [6, 6.07) is 5.54. The second kappa shape index (κ2) is 6.82. The summed E-state index contributed by atoms with van der Waals surface area (Å²) in [5.74, 6) is 0.754. The summed E-state index contributed by atoms with van der Waals surface area (Å²) in [5.41, 5.74) is 1.98. The fraction of sp³-hybridized carbons (Fsp3) is 0.438. The lowest BCUT2D eigenvalue weighted by Gasteiger charge is -2.23. The van der Waals surface area contributed by atoms with Gasteiger partial charge in [0.05, 0.1) is 23.2 Å². The van der Waals surface area contributed by atoms with Crippen LogP contribution in [0, 0.1) is 5.92 Å². The van der Waals surface area contributed by atoms with Gasteiger partial charge in [0.15, 0.2) is 0 Å². The van der Waals surface area contributed by atoms with Gasteiger partial charge in [-0.05, 0) is 56.5 Å². The molecule has 3 rings (SSSR count). The minimum atomic E-state index is 0.693. The van der Waals surface area contributed by atoms with Crippen molar-refractivity contribution in [3.05, 3.63) is 40.8 Å². The van der Waals surface area contributed by atoms with Crippen molar-refractivity contribution in [2.45, 2.75) is 25.8 Å². The van der Waals surface area contributed by atoms with Crippen LogP contribution in [0.5, 0.6) is 0 Å². The Morgan fingerprint density at radius 1 is 1.33 bits per heavy atom. The first kappa shape index (κ1) is 14.9. The molecule has 1 aromatic heterocycles. The predicted octanol–water partition coefficient (Wildman–Crippen LogP) is 4.25. The van der Waals surface area contributed by atoms with Crippen LogP contribution in [-0.4, -0.2) is 22.6 Å². The van der Waals surface area contributed by atoms with Crippen LogP contribution in [0.2, 0.25) is 10.0 Å². The van der Waals surface area contributed by atoms with E-state index in [0.717, 1.165) is 43.2 Å². The van der Waals surface area contributed by atoms with Gasteiger partial charge in [-0.15, -0.1) is 0 Å². The number of hydrogen-bond acceptors (Lipinski definition) is 2. The second-order valence-electron chi connectivity index (χ2n) is 5.60. The van der Waals surface area contributed by atoms with E-state index in [4.69, 9.17) is 23.2 Å². The molecule has 0 radical (unpaired) electrons. The molecule has 1 aliphatic rings. The molecule has 0 aliphatic carbocycles. The third-order valence-corrected chi connectivity index (χ3v) is 4.66. The molecule has 1 atom stereocenters. The van der Waals surface area contributed by atoms with Gasteiger partial charge in [0.2, 0.25) is 0 Å². The fourth-order valence-electron chi connectivity index (χ4n) is 2.91. The predicted molar refractivity (Wildman–Crippen MR) is 87.9 cm³/mol. The molecule has 1 aliphatic heterocycles. The molecule has 0 bridgehead atoms. The van der Waals surface area contributed by atoms with Crippen LogP contribution in [0.3, 0.4) is 0 Å². The normalized spacial score (nSPS) is 18.9. The van der Waals surface area contributed by atoms with Crippen LogP contribution in [0.4, 0.5) is 0 Å². The largest absolute Gasteiger partial charge is 0.331 e. The number of nitrogens with zero attached hydrogens (tertiary/aromatic N) is 2. The average Bonchev–Trinajstić information content (AvgIpc) is 2.97. The minimum absolute atomic E-state index is 0.693. The molecular weight excluding hydrogens is 305 g/mol. The Bertz CT molecular complexity index is 603. The van der Waals surface area contributed by atoms with Crippen molar-refractivity contribution in [1.82, 2.24) is 14.9 Å². The number of aromatic nitrogens is 2. The first-order valence-electron chi connectivity index (χ1n) is 7.40. The van der Waals surface area contributed by atoms with Gasteiger partial charge in [0.25, 0.3) is 0 Å². The van der Waals surface area contributed by atoms with Gasteiger partial charge in [-0.1, -0.05) is 23.2 Å². The van der Waals surface area contributed by atoms with Gasteiger partial charge < -0.3 is 9.88 Å². The van der Waals surface area contributed by atoms with Crippen molar-refractivity contribution in [2.75, 3.05) is 13.1 Å². The van der Waals surface area contributed by atoms with E-state index in [9.17, 15) is 0 Å². The number of hydrogen-bond donors (Lipinski definition) is 1. The van der Waals surface area contributed by atoms with Crippen molar-refractivity contribution in [1.29, 1.82) is 0 Å². The topological polar surface area (TPSA) is 29.9 Å². The summed E-state index contributed by atoms with van der Waals surface area (Å²) in [6.45, 7) is 3.25. The molecule has 2 heterocycles. The molecule has 0 saturated carbocycles. The average molecular weight is 324 g/mol. The van der Waals surface area contributed by atoms with Gasteiger partial charge in [-0.2, -0.15) is 0 Å². The number of rotatable bonds is 4. The van der Waals surface area contributed by atoms with E-state index < -0.39 is 0 Å². The van der Waals surface area contributed by atoms with Gasteiger partial charge in [-0.3, -0.25) is 0 Å². The Kier molecular flexibility index (Phi) is 4.84. The Morgan fingerprint density at radius 2 is 2.24 bits per heavy atom. The highest BCUT2D eigenvalue weighted by atomic mass is 35.5. The summed E-state index contributed by atoms with van der Waals surface area (Å²) >= 11 is 12.4. The van der Waals surface area contributed by atoms with Gasteiger partial charge in [0.1, 0.15) is 0 Å². The smallest absolute Gasteiger partial charge is 0.0950 e. The van der Waals surface area contributed by atoms with Crippen molar-refractivity contribution >= 4 is 23.2 Å². The summed E-state index contributed by atoms with van der Waals surface area (Å²) < 4.78 is 2.17. The van der Waals surface area contributed by atoms with Crippen LogP contribution in [0.25, 0.3) is 11.3 Å². The van der Waals surface area contributed by atoms with E-state index in [-0.39, 0.29) is 0 Å². The molecule has 1 aromatic carbocycles. The number of benzene rings is 1. The Morgan fingerprint density at radius 3 is 3.05 bits per heavy atom. The number of imidazole rings is 1. The zero-order valence-electron chi connectivity index (χ0n) is 11.9. The maximum absolute atomic E-state index is 6.30. The quantitative estimate of drug-likeness (QED) is 0.911. The van der Waals surface area contributed by atoms with Crippen LogP contribution in [-0.2, 0) is 6.54 Å². The second-order valence-corrected chi connectivity index (χ2v) is 6.44. The fourth-order valence-corrected chi connectivity index (χ4v) is 3.30. The van der Waals surface area contributed by atoms with Gasteiger partial charge in [0, 0.05) is 17.1 Å². The van der Waals surface area contributed by atoms with E-state index in [1.807, 2.05) is 30.7 Å². The monoisotopic (exact) mass is 323 g/mol. The SMILES string of the molecule is Clc1ccc(Cl)c(-c2cncn2CCC2CCCNC2)c1. The van der Waals surface area contributed by atoms with Crippen LogP contribution in [0.15, 0.2) is 30.7 Å². The lowest BCUT2D eigenvalue weighted by molar-refractivity contribution is 0.342. The molecular formula is C16H19Cl2N3. The lowest BCUT2D eigenvalue weighted by Crippen LogP contribution is -2.30. The first-order valence-corrected chi connectivity index (χ1v) is 8.16. The van der Waals surface area contributed by atoms with E-state index in [1.165, 1.54) is 12.8 Å². The van der Waals surface area contributed by atoms with E-state index in [1.54, 1.807) is 0 Å². The first-order chi connectivity index (χ1) is 10.2. The lowest BCUT2D eigenvalue weighted by atomic mass is 9.96. The van der Waals surface area contributed by atoms with Crippen LogP contribution in [0.1, 0.15) is 19.3 Å². The van der Waals surface area contributed by atoms with Crippen LogP contribution < -0.4 is 5.32 Å². The van der Waals surface area contributed by atoms with Crippen molar-refractivity contribution < 1.29 is 0 Å². The zero-order valence-corrected chi connectivity index (χ0v) is 13.4. The number of nitrogens with one attached hydrogen (secondary N) is 1. The molecule has 0 spiro atoms. The highest BCUT2D eigenvalue weighted by Gasteiger charge is 2.15. The third-order valence-electron chi connectivity index (χ3n) is 4.09. The van der Waals surface area contributed by atoms with Crippen molar-refractivity contribution in [3.8, 4) is 11.3 Å². The zero-order chi connectivity index (χ0) is 14.7. The Balaban J connectivity index is 1.75. The number of aryl methyl sites for hydroxylation is 1. The van der Waals surface area contributed by atoms with Gasteiger partial charge >= 0.3 is 0 Å². The Hall–Kier alpha value is -1.03. The molecule has 112 valence electrons. The van der Waals surface area contributed by atoms with Crippen LogP contribution >= 0.6 is 23.2 Å². The molecule has 0 amide bonds. The summed E-state index contributed by atoms with van der Waals surface area (Å²) in [5, 5.41) is 4.87. The van der Waals surface area contributed by atoms with E-state index in [0.29, 0.717) is 10.0 Å². The maximum Gasteiger partial charge on any atom is 0.0950 e. The molecule has 2 aromatic rings. The molecule has 1 N–H and O–H groups in total. The summed E-state index contributed by atoms with van der Waals surface area (Å²) in [7, 11) is 0. The molecule has 5 heteroatoms. The molecule has 1 unspecified atom stereocenters. The van der Waals surface area contributed by atoms with Crippen molar-refractivity contribution in [2.24, 2.45) is 5.92 Å².